The van der Waals surface area contributed by atoms with Gasteiger partial charge >= 0.3 is 5.97 Å². The highest BCUT2D eigenvalue weighted by molar-refractivity contribution is 5.99. The number of pyridine rings is 1. The third-order valence-electron chi connectivity index (χ3n) is 11.3. The summed E-state index contributed by atoms with van der Waals surface area (Å²) in [5.74, 6) is -0.503. The van der Waals surface area contributed by atoms with Crippen LogP contribution in [0.1, 0.15) is 65.3 Å². The average molecular weight is 695 g/mol. The number of phenols is 1. The predicted molar refractivity (Wildman–Crippen MR) is 193 cm³/mol. The molecule has 4 heterocycles. The van der Waals surface area contributed by atoms with Gasteiger partial charge in [0.25, 0.3) is 5.91 Å². The minimum atomic E-state index is -1.50. The van der Waals surface area contributed by atoms with E-state index in [9.17, 15) is 29.7 Å². The number of carbonyl (C=O) groups is 2. The maximum atomic E-state index is 13.9. The molecule has 3 unspecified atom stereocenters. The number of aliphatic hydroxyl groups is 1. The lowest BCUT2D eigenvalue weighted by Crippen LogP contribution is -2.60. The fourth-order valence-electron chi connectivity index (χ4n) is 8.69. The normalized spacial score (nSPS) is 24.3. The fourth-order valence-corrected chi connectivity index (χ4v) is 8.69. The van der Waals surface area contributed by atoms with E-state index in [2.05, 4.69) is 20.5 Å². The number of nitrogens with one attached hydrogen (secondary N) is 3. The molecule has 268 valence electrons. The number of H-pyrrole nitrogens is 1. The number of unbranched alkanes of at least 4 members (excludes halogenated alkanes) is 2. The van der Waals surface area contributed by atoms with Crippen molar-refractivity contribution >= 4 is 22.8 Å². The van der Waals surface area contributed by atoms with Crippen molar-refractivity contribution in [2.45, 2.75) is 50.2 Å². The quantitative estimate of drug-likeness (QED) is 0.106. The summed E-state index contributed by atoms with van der Waals surface area (Å²) >= 11 is 0. The number of phenolic OH excluding ortho intramolecular Hbond substituents is 1. The van der Waals surface area contributed by atoms with Gasteiger partial charge in [-0.1, -0.05) is 36.4 Å². The number of aromatic nitrogens is 1. The number of nitrogens with zero attached hydrogens (tertiary/aromatic N) is 1. The van der Waals surface area contributed by atoms with Gasteiger partial charge in [0.1, 0.15) is 11.5 Å². The number of rotatable bonds is 14. The molecule has 0 saturated carbocycles. The lowest BCUT2D eigenvalue weighted by atomic mass is 9.66. The minimum absolute atomic E-state index is 0.0429. The van der Waals surface area contributed by atoms with Gasteiger partial charge in [0.05, 0.1) is 18.2 Å². The number of hydrogen-bond donors (Lipinski definition) is 6. The first-order chi connectivity index (χ1) is 24.7. The molecule has 11 nitrogen and oxygen atoms in total. The van der Waals surface area contributed by atoms with Gasteiger partial charge in [0.15, 0.2) is 5.54 Å². The second-order valence-electron chi connectivity index (χ2n) is 14.3. The first-order valence-corrected chi connectivity index (χ1v) is 18.1. The van der Waals surface area contributed by atoms with E-state index in [1.54, 1.807) is 36.4 Å². The molecular weight excluding hydrogens is 648 g/mol. The van der Waals surface area contributed by atoms with Crippen molar-refractivity contribution in [3.05, 3.63) is 105 Å². The topological polar surface area (TPSA) is 164 Å². The van der Waals surface area contributed by atoms with Crippen LogP contribution in [-0.2, 0) is 16.8 Å². The SMILES string of the molecule is O=C(N[C@@]1(C(=O)O)c2ccccc2CC1C1CN2CCC1CC2)c1cccc(OCCCCCNCC(O)c2ccc(O)c3[nH]c(=O)ccc23)c1. The van der Waals surface area contributed by atoms with Gasteiger partial charge in [-0.25, -0.2) is 4.79 Å². The van der Waals surface area contributed by atoms with Crippen molar-refractivity contribution in [2.75, 3.05) is 39.3 Å². The van der Waals surface area contributed by atoms with Crippen molar-refractivity contribution < 1.29 is 29.6 Å². The number of piperidine rings is 3. The molecule has 3 aliphatic heterocycles. The number of hydrogen-bond acceptors (Lipinski definition) is 8. The number of aliphatic hydroxyl groups excluding tert-OH is 1. The standard InChI is InChI=1S/C40H46N4O7/c45-34-13-11-29(30-12-14-36(47)42-37(30)34)35(46)23-41-17-4-1-5-20-51-28-9-6-8-27(21-28)38(48)43-40(39(49)50)32-10-3-2-7-26(32)22-33(40)31-24-44-18-15-25(31)16-19-44/h2-3,6-14,21,25,31,33,35,41,45-46H,1,4-5,15-20,22-24H2,(H,42,47)(H,43,48)(H,49,50)/t31?,33?,35?,40-/m0/s1. The van der Waals surface area contributed by atoms with Crippen molar-refractivity contribution in [2.24, 2.45) is 17.8 Å². The lowest BCUT2D eigenvalue weighted by molar-refractivity contribution is -0.150. The Labute approximate surface area is 296 Å². The van der Waals surface area contributed by atoms with Crippen LogP contribution in [0.25, 0.3) is 10.9 Å². The number of carboxylic acid groups (broad SMARTS) is 1. The smallest absolute Gasteiger partial charge is 0.334 e. The number of aliphatic carboxylic acids is 1. The van der Waals surface area contributed by atoms with Crippen LogP contribution < -0.4 is 20.9 Å². The lowest BCUT2D eigenvalue weighted by Gasteiger charge is -2.50. The Morgan fingerprint density at radius 2 is 1.82 bits per heavy atom. The third kappa shape index (κ3) is 6.98. The Morgan fingerprint density at radius 3 is 2.61 bits per heavy atom. The molecule has 1 aliphatic carbocycles. The Morgan fingerprint density at radius 1 is 1.00 bits per heavy atom. The Kier molecular flexibility index (Phi) is 10.1. The molecule has 1 amide bonds. The molecule has 1 aromatic heterocycles. The zero-order chi connectivity index (χ0) is 35.5. The molecule has 0 spiro atoms. The van der Waals surface area contributed by atoms with Gasteiger partial charge in [-0.15, -0.1) is 0 Å². The Bertz CT molecular complexity index is 1950. The number of carboxylic acids is 1. The minimum Gasteiger partial charge on any atom is -0.506 e. The van der Waals surface area contributed by atoms with Crippen LogP contribution in [0.4, 0.5) is 0 Å². The largest absolute Gasteiger partial charge is 0.506 e. The molecule has 4 aliphatic rings. The summed E-state index contributed by atoms with van der Waals surface area (Å²) in [6.45, 7) is 4.46. The number of amides is 1. The highest BCUT2D eigenvalue weighted by atomic mass is 16.5. The van der Waals surface area contributed by atoms with E-state index in [1.807, 2.05) is 24.3 Å². The zero-order valence-electron chi connectivity index (χ0n) is 28.6. The number of aromatic amines is 1. The van der Waals surface area contributed by atoms with Gasteiger partial charge in [-0.3, -0.25) is 9.59 Å². The molecule has 2 bridgehead atoms. The molecule has 3 fully saturated rings. The van der Waals surface area contributed by atoms with Gasteiger partial charge in [0, 0.05) is 36.0 Å². The number of ether oxygens (including phenoxy) is 1. The van der Waals surface area contributed by atoms with Crippen molar-refractivity contribution in [3.8, 4) is 11.5 Å². The van der Waals surface area contributed by atoms with Gasteiger partial charge in [-0.2, -0.15) is 0 Å². The summed E-state index contributed by atoms with van der Waals surface area (Å²) in [6, 6.07) is 20.7. The van der Waals surface area contributed by atoms with E-state index in [-0.39, 0.29) is 23.1 Å². The van der Waals surface area contributed by atoms with Crippen LogP contribution in [0.5, 0.6) is 11.5 Å². The first kappa shape index (κ1) is 34.7. The van der Waals surface area contributed by atoms with Crippen LogP contribution >= 0.6 is 0 Å². The maximum Gasteiger partial charge on any atom is 0.334 e. The van der Waals surface area contributed by atoms with E-state index in [0.29, 0.717) is 65.4 Å². The summed E-state index contributed by atoms with van der Waals surface area (Å²) in [4.78, 5) is 43.9. The van der Waals surface area contributed by atoms with Crippen molar-refractivity contribution in [3.63, 3.8) is 0 Å². The highest BCUT2D eigenvalue weighted by Crippen LogP contribution is 2.51. The van der Waals surface area contributed by atoms with E-state index >= 15 is 0 Å². The second kappa shape index (κ2) is 14.9. The van der Waals surface area contributed by atoms with Crippen molar-refractivity contribution in [1.82, 2.24) is 20.5 Å². The monoisotopic (exact) mass is 694 g/mol. The van der Waals surface area contributed by atoms with Crippen LogP contribution in [0.15, 0.2) is 77.6 Å². The van der Waals surface area contributed by atoms with Crippen LogP contribution in [0, 0.1) is 17.8 Å². The molecule has 3 aromatic carbocycles. The number of fused-ring (bicyclic) bond motifs is 5. The molecule has 3 saturated heterocycles. The number of aromatic hydroxyl groups is 1. The van der Waals surface area contributed by atoms with Gasteiger partial charge < -0.3 is 40.6 Å². The highest BCUT2D eigenvalue weighted by Gasteiger charge is 2.58. The molecular formula is C40H46N4O7. The number of carbonyl (C=O) groups excluding carboxylic acids is 1. The molecule has 8 rings (SSSR count). The summed E-state index contributed by atoms with van der Waals surface area (Å²) in [7, 11) is 0. The molecule has 4 atom stereocenters. The summed E-state index contributed by atoms with van der Waals surface area (Å²) in [5, 5.41) is 38.7. The number of benzene rings is 3. The molecule has 4 aromatic rings. The molecule has 0 radical (unpaired) electrons. The van der Waals surface area contributed by atoms with Crippen LogP contribution in [0.2, 0.25) is 0 Å². The fraction of sp³-hybridized carbons (Fsp3) is 0.425. The van der Waals surface area contributed by atoms with Gasteiger partial charge in [-0.05, 0) is 117 Å². The molecule has 11 heteroatoms. The van der Waals surface area contributed by atoms with E-state index in [1.165, 1.54) is 12.1 Å². The Hall–Kier alpha value is -4.71. The van der Waals surface area contributed by atoms with Gasteiger partial charge in [0.2, 0.25) is 5.56 Å². The van der Waals surface area contributed by atoms with Crippen molar-refractivity contribution in [1.29, 1.82) is 0 Å². The van der Waals surface area contributed by atoms with E-state index < -0.39 is 23.5 Å². The summed E-state index contributed by atoms with van der Waals surface area (Å²) in [5.41, 5.74) is 1.15. The molecule has 51 heavy (non-hydrogen) atoms. The van der Waals surface area contributed by atoms with E-state index in [0.717, 1.165) is 57.3 Å². The second-order valence-corrected chi connectivity index (χ2v) is 14.3. The third-order valence-corrected chi connectivity index (χ3v) is 11.3. The van der Waals surface area contributed by atoms with Crippen LogP contribution in [-0.4, -0.2) is 76.4 Å². The summed E-state index contributed by atoms with van der Waals surface area (Å²) < 4.78 is 6.00. The maximum absolute atomic E-state index is 13.9. The zero-order valence-corrected chi connectivity index (χ0v) is 28.6. The Balaban J connectivity index is 0.914. The van der Waals surface area contributed by atoms with Crippen LogP contribution in [0.3, 0.4) is 0 Å². The average Bonchev–Trinajstić information content (AvgIpc) is 3.48. The predicted octanol–water partition coefficient (Wildman–Crippen LogP) is 4.33. The summed E-state index contributed by atoms with van der Waals surface area (Å²) in [6.07, 6.45) is 4.50. The van der Waals surface area contributed by atoms with E-state index in [4.69, 9.17) is 4.74 Å². The first-order valence-electron chi connectivity index (χ1n) is 18.1. The molecule has 6 N–H and O–H groups in total.